The minimum Gasteiger partial charge on any atom is -0.394 e. The number of ether oxygens (including phenoxy) is 1. The summed E-state index contributed by atoms with van der Waals surface area (Å²) in [4.78, 5) is 11.0. The summed E-state index contributed by atoms with van der Waals surface area (Å²) in [6, 6.07) is -0.153. The maximum Gasteiger partial charge on any atom is 0.220 e. The quantitative estimate of drug-likeness (QED) is 0.555. The second-order valence-electron chi connectivity index (χ2n) is 2.75. The summed E-state index contributed by atoms with van der Waals surface area (Å²) in [5.74, 6) is -0.0337. The molecule has 0 fully saturated rings. The van der Waals surface area contributed by atoms with Crippen molar-refractivity contribution in [3.8, 4) is 0 Å². The highest BCUT2D eigenvalue weighted by Gasteiger charge is 2.04. The molecule has 0 heterocycles. The number of carbonyl (C=O) groups excluding carboxylic acids is 1. The Morgan fingerprint density at radius 1 is 1.67 bits per heavy atom. The van der Waals surface area contributed by atoms with Gasteiger partial charge in [0.1, 0.15) is 0 Å². The van der Waals surface area contributed by atoms with Gasteiger partial charge in [-0.2, -0.15) is 0 Å². The van der Waals surface area contributed by atoms with E-state index in [1.54, 1.807) is 14.0 Å². The van der Waals surface area contributed by atoms with Gasteiger partial charge in [0.25, 0.3) is 0 Å². The normalized spacial score (nSPS) is 12.6. The van der Waals surface area contributed by atoms with Crippen LogP contribution >= 0.6 is 0 Å². The van der Waals surface area contributed by atoms with Gasteiger partial charge in [0.15, 0.2) is 0 Å². The molecular formula is C8H17NO3. The van der Waals surface area contributed by atoms with Crippen molar-refractivity contribution in [3.63, 3.8) is 0 Å². The second kappa shape index (κ2) is 7.06. The first-order valence-electron chi connectivity index (χ1n) is 4.10. The minimum atomic E-state index is -0.153. The fourth-order valence-electron chi connectivity index (χ4n) is 0.770. The molecule has 0 aromatic heterocycles. The van der Waals surface area contributed by atoms with E-state index in [9.17, 15) is 4.79 Å². The molecule has 0 aliphatic rings. The molecule has 0 bridgehead atoms. The highest BCUT2D eigenvalue weighted by molar-refractivity contribution is 5.76. The summed E-state index contributed by atoms with van der Waals surface area (Å²) in [5, 5.41) is 11.3. The zero-order valence-electron chi connectivity index (χ0n) is 7.67. The van der Waals surface area contributed by atoms with Crippen LogP contribution in [-0.2, 0) is 9.53 Å². The molecule has 2 N–H and O–H groups in total. The van der Waals surface area contributed by atoms with Crippen molar-refractivity contribution in [2.24, 2.45) is 0 Å². The fraction of sp³-hybridized carbons (Fsp3) is 0.875. The number of hydrogen-bond acceptors (Lipinski definition) is 3. The van der Waals surface area contributed by atoms with Crippen LogP contribution in [0.1, 0.15) is 19.8 Å². The molecule has 0 aliphatic heterocycles. The van der Waals surface area contributed by atoms with E-state index in [-0.39, 0.29) is 18.6 Å². The molecule has 0 saturated heterocycles. The molecule has 0 spiro atoms. The number of amides is 1. The van der Waals surface area contributed by atoms with Gasteiger partial charge in [-0.3, -0.25) is 4.79 Å². The maximum absolute atomic E-state index is 11.0. The molecule has 0 saturated carbocycles. The van der Waals surface area contributed by atoms with Crippen molar-refractivity contribution in [2.75, 3.05) is 20.3 Å². The third-order valence-corrected chi connectivity index (χ3v) is 1.43. The van der Waals surface area contributed by atoms with E-state index in [2.05, 4.69) is 5.32 Å². The molecule has 1 atom stereocenters. The van der Waals surface area contributed by atoms with Crippen LogP contribution in [-0.4, -0.2) is 37.4 Å². The van der Waals surface area contributed by atoms with Crippen LogP contribution in [0.25, 0.3) is 0 Å². The average Bonchev–Trinajstić information content (AvgIpc) is 2.05. The largest absolute Gasteiger partial charge is 0.394 e. The molecule has 4 heteroatoms. The lowest BCUT2D eigenvalue weighted by Gasteiger charge is -2.09. The summed E-state index contributed by atoms with van der Waals surface area (Å²) < 4.78 is 4.79. The van der Waals surface area contributed by atoms with E-state index in [0.29, 0.717) is 13.0 Å². The van der Waals surface area contributed by atoms with E-state index in [1.807, 2.05) is 0 Å². The average molecular weight is 175 g/mol. The molecule has 0 radical (unpaired) electrons. The van der Waals surface area contributed by atoms with Gasteiger partial charge in [0.2, 0.25) is 5.91 Å². The Morgan fingerprint density at radius 3 is 2.83 bits per heavy atom. The summed E-state index contributed by atoms with van der Waals surface area (Å²) in [5.41, 5.74) is 0. The zero-order chi connectivity index (χ0) is 9.40. The summed E-state index contributed by atoms with van der Waals surface area (Å²) in [6.45, 7) is 2.34. The number of hydrogen-bond donors (Lipinski definition) is 2. The SMILES string of the molecule is COCCCC(=O)N[C@H](C)CO. The van der Waals surface area contributed by atoms with Gasteiger partial charge in [-0.05, 0) is 13.3 Å². The van der Waals surface area contributed by atoms with Crippen LogP contribution in [0.15, 0.2) is 0 Å². The van der Waals surface area contributed by atoms with Gasteiger partial charge < -0.3 is 15.2 Å². The standard InChI is InChI=1S/C8H17NO3/c1-7(6-10)9-8(11)4-3-5-12-2/h7,10H,3-6H2,1-2H3,(H,9,11)/t7-/m1/s1. The molecule has 72 valence electrons. The molecule has 0 aliphatic carbocycles. The Kier molecular flexibility index (Phi) is 6.70. The lowest BCUT2D eigenvalue weighted by atomic mass is 10.3. The van der Waals surface area contributed by atoms with Crippen molar-refractivity contribution in [2.45, 2.75) is 25.8 Å². The van der Waals surface area contributed by atoms with E-state index in [4.69, 9.17) is 9.84 Å². The summed E-state index contributed by atoms with van der Waals surface area (Å²) in [6.07, 6.45) is 1.18. The van der Waals surface area contributed by atoms with Crippen LogP contribution < -0.4 is 5.32 Å². The Bertz CT molecular complexity index is 127. The van der Waals surface area contributed by atoms with E-state index in [1.165, 1.54) is 0 Å². The monoisotopic (exact) mass is 175 g/mol. The Balaban J connectivity index is 3.33. The molecule has 0 aromatic rings. The maximum atomic E-state index is 11.0. The molecule has 0 aromatic carbocycles. The molecular weight excluding hydrogens is 158 g/mol. The Morgan fingerprint density at radius 2 is 2.33 bits per heavy atom. The summed E-state index contributed by atoms with van der Waals surface area (Å²) in [7, 11) is 1.61. The Hall–Kier alpha value is -0.610. The van der Waals surface area contributed by atoms with Crippen LogP contribution in [0.2, 0.25) is 0 Å². The first-order valence-corrected chi connectivity index (χ1v) is 4.10. The summed E-state index contributed by atoms with van der Waals surface area (Å²) >= 11 is 0. The minimum absolute atomic E-state index is 0.0178. The van der Waals surface area contributed by atoms with Crippen LogP contribution in [0, 0.1) is 0 Å². The first-order chi connectivity index (χ1) is 5.70. The third-order valence-electron chi connectivity index (χ3n) is 1.43. The first kappa shape index (κ1) is 11.4. The van der Waals surface area contributed by atoms with E-state index in [0.717, 1.165) is 6.42 Å². The lowest BCUT2D eigenvalue weighted by Crippen LogP contribution is -2.34. The van der Waals surface area contributed by atoms with Gasteiger partial charge in [-0.1, -0.05) is 0 Å². The highest BCUT2D eigenvalue weighted by Crippen LogP contribution is 1.90. The van der Waals surface area contributed by atoms with Crippen molar-refractivity contribution < 1.29 is 14.6 Å². The topological polar surface area (TPSA) is 58.6 Å². The molecule has 4 nitrogen and oxygen atoms in total. The third kappa shape index (κ3) is 6.12. The van der Waals surface area contributed by atoms with E-state index < -0.39 is 0 Å². The van der Waals surface area contributed by atoms with E-state index >= 15 is 0 Å². The molecule has 12 heavy (non-hydrogen) atoms. The number of rotatable bonds is 6. The van der Waals surface area contributed by atoms with Gasteiger partial charge in [-0.15, -0.1) is 0 Å². The van der Waals surface area contributed by atoms with Crippen molar-refractivity contribution >= 4 is 5.91 Å². The molecule has 0 rings (SSSR count). The van der Waals surface area contributed by atoms with Gasteiger partial charge in [0.05, 0.1) is 6.61 Å². The molecule has 1 amide bonds. The number of aliphatic hydroxyl groups is 1. The van der Waals surface area contributed by atoms with Crippen LogP contribution in [0.4, 0.5) is 0 Å². The number of aliphatic hydroxyl groups excluding tert-OH is 1. The van der Waals surface area contributed by atoms with Gasteiger partial charge in [-0.25, -0.2) is 0 Å². The van der Waals surface area contributed by atoms with Crippen LogP contribution in [0.3, 0.4) is 0 Å². The van der Waals surface area contributed by atoms with Crippen molar-refractivity contribution in [1.29, 1.82) is 0 Å². The fourth-order valence-corrected chi connectivity index (χ4v) is 0.770. The zero-order valence-corrected chi connectivity index (χ0v) is 7.67. The Labute approximate surface area is 72.9 Å². The molecule has 0 unspecified atom stereocenters. The number of nitrogens with one attached hydrogen (secondary N) is 1. The second-order valence-corrected chi connectivity index (χ2v) is 2.75. The predicted octanol–water partition coefficient (Wildman–Crippen LogP) is -0.0900. The smallest absolute Gasteiger partial charge is 0.220 e. The van der Waals surface area contributed by atoms with Crippen LogP contribution in [0.5, 0.6) is 0 Å². The van der Waals surface area contributed by atoms with Crippen molar-refractivity contribution in [1.82, 2.24) is 5.32 Å². The number of methoxy groups -OCH3 is 1. The number of carbonyl (C=O) groups is 1. The highest BCUT2D eigenvalue weighted by atomic mass is 16.5. The lowest BCUT2D eigenvalue weighted by molar-refractivity contribution is -0.122. The predicted molar refractivity (Wildman–Crippen MR) is 45.8 cm³/mol. The van der Waals surface area contributed by atoms with Gasteiger partial charge in [0, 0.05) is 26.2 Å². The van der Waals surface area contributed by atoms with Crippen molar-refractivity contribution in [3.05, 3.63) is 0 Å². The van der Waals surface area contributed by atoms with Gasteiger partial charge >= 0.3 is 0 Å².